The minimum atomic E-state index is -0.567. The van der Waals surface area contributed by atoms with E-state index in [0.29, 0.717) is 27.9 Å². The van der Waals surface area contributed by atoms with Crippen LogP contribution in [0.4, 0.5) is 4.39 Å². The van der Waals surface area contributed by atoms with Gasteiger partial charge in [-0.25, -0.2) is 9.37 Å². The van der Waals surface area contributed by atoms with Gasteiger partial charge in [0, 0.05) is 30.1 Å². The van der Waals surface area contributed by atoms with Gasteiger partial charge in [0.05, 0.1) is 17.4 Å². The van der Waals surface area contributed by atoms with Crippen LogP contribution in [0.5, 0.6) is 0 Å². The predicted molar refractivity (Wildman–Crippen MR) is 96.8 cm³/mol. The van der Waals surface area contributed by atoms with Crippen LogP contribution < -0.4 is 11.3 Å². The molecule has 26 heavy (non-hydrogen) atoms. The Hall–Kier alpha value is -3.19. The van der Waals surface area contributed by atoms with Crippen molar-refractivity contribution in [3.8, 4) is 0 Å². The maximum absolute atomic E-state index is 13.1. The molecule has 0 unspecified atom stereocenters. The standard InChI is InChI=1S/C19H17FN4O2/c1-11-15(8-21)17-14-6-7-23(10-12-2-4-13(20)5-3-12)16(14)9-22-18(17)19(25)24(11)26/h2-7,9,26H,8,10,21H2,1H3. The van der Waals surface area contributed by atoms with Crippen LogP contribution in [0.25, 0.3) is 21.8 Å². The van der Waals surface area contributed by atoms with Gasteiger partial charge >= 0.3 is 5.56 Å². The van der Waals surface area contributed by atoms with Crippen molar-refractivity contribution in [1.29, 1.82) is 0 Å². The highest BCUT2D eigenvalue weighted by Gasteiger charge is 2.17. The molecule has 0 aliphatic heterocycles. The second kappa shape index (κ2) is 5.96. The largest absolute Gasteiger partial charge is 0.425 e. The summed E-state index contributed by atoms with van der Waals surface area (Å²) in [5.41, 5.74) is 8.37. The molecule has 0 aliphatic carbocycles. The average Bonchev–Trinajstić information content (AvgIpc) is 3.05. The third kappa shape index (κ3) is 2.36. The smallest absolute Gasteiger partial charge is 0.309 e. The van der Waals surface area contributed by atoms with E-state index in [-0.39, 0.29) is 17.9 Å². The fourth-order valence-electron chi connectivity index (χ4n) is 3.36. The quantitative estimate of drug-likeness (QED) is 0.555. The molecule has 0 amide bonds. The Balaban J connectivity index is 1.96. The molecule has 0 fully saturated rings. The molecule has 6 nitrogen and oxygen atoms in total. The van der Waals surface area contributed by atoms with Crippen molar-refractivity contribution in [2.45, 2.75) is 20.0 Å². The van der Waals surface area contributed by atoms with E-state index in [1.807, 2.05) is 16.8 Å². The maximum Gasteiger partial charge on any atom is 0.309 e. The van der Waals surface area contributed by atoms with Gasteiger partial charge in [0.15, 0.2) is 0 Å². The molecule has 3 N–H and O–H groups in total. The number of benzene rings is 1. The van der Waals surface area contributed by atoms with Crippen LogP contribution in [0.15, 0.2) is 47.5 Å². The van der Waals surface area contributed by atoms with E-state index in [0.717, 1.165) is 16.5 Å². The van der Waals surface area contributed by atoms with E-state index in [1.165, 1.54) is 12.1 Å². The van der Waals surface area contributed by atoms with Crippen molar-refractivity contribution >= 4 is 21.8 Å². The first-order valence-corrected chi connectivity index (χ1v) is 8.17. The number of fused-ring (bicyclic) bond motifs is 3. The minimum Gasteiger partial charge on any atom is -0.425 e. The number of hydrogen-bond donors (Lipinski definition) is 2. The second-order valence-electron chi connectivity index (χ2n) is 6.24. The Morgan fingerprint density at radius 2 is 1.96 bits per heavy atom. The third-order valence-corrected chi connectivity index (χ3v) is 4.75. The molecule has 132 valence electrons. The molecule has 0 bridgehead atoms. The average molecular weight is 352 g/mol. The molecule has 1 aromatic carbocycles. The van der Waals surface area contributed by atoms with Gasteiger partial charge in [-0.2, -0.15) is 4.73 Å². The summed E-state index contributed by atoms with van der Waals surface area (Å²) in [6.07, 6.45) is 3.51. The van der Waals surface area contributed by atoms with E-state index in [1.54, 1.807) is 25.3 Å². The molecule has 3 aromatic heterocycles. The van der Waals surface area contributed by atoms with E-state index in [9.17, 15) is 14.4 Å². The van der Waals surface area contributed by atoms with Crippen LogP contribution in [-0.4, -0.2) is 19.5 Å². The fourth-order valence-corrected chi connectivity index (χ4v) is 3.36. The highest BCUT2D eigenvalue weighted by molar-refractivity contribution is 6.06. The summed E-state index contributed by atoms with van der Waals surface area (Å²) in [6.45, 7) is 2.37. The maximum atomic E-state index is 13.1. The van der Waals surface area contributed by atoms with E-state index in [2.05, 4.69) is 4.98 Å². The van der Waals surface area contributed by atoms with Gasteiger partial charge in [-0.1, -0.05) is 12.1 Å². The summed E-state index contributed by atoms with van der Waals surface area (Å²) < 4.78 is 15.7. The van der Waals surface area contributed by atoms with Gasteiger partial charge in [-0.3, -0.25) is 4.79 Å². The van der Waals surface area contributed by atoms with Crippen molar-refractivity contribution in [2.24, 2.45) is 5.73 Å². The lowest BCUT2D eigenvalue weighted by Crippen LogP contribution is -2.24. The summed E-state index contributed by atoms with van der Waals surface area (Å²) in [6, 6.07) is 8.22. The Bertz CT molecular complexity index is 1190. The zero-order valence-electron chi connectivity index (χ0n) is 14.1. The number of nitrogens with two attached hydrogens (primary N) is 1. The first-order chi connectivity index (χ1) is 12.5. The Labute approximate surface area is 147 Å². The molecule has 0 spiro atoms. The highest BCUT2D eigenvalue weighted by atomic mass is 19.1. The number of halogens is 1. The van der Waals surface area contributed by atoms with E-state index < -0.39 is 5.56 Å². The molecule has 0 radical (unpaired) electrons. The summed E-state index contributed by atoms with van der Waals surface area (Å²) in [7, 11) is 0. The predicted octanol–water partition coefficient (Wildman–Crippen LogP) is 2.54. The molecule has 3 heterocycles. The van der Waals surface area contributed by atoms with Crippen molar-refractivity contribution in [3.63, 3.8) is 0 Å². The molecule has 0 aliphatic rings. The first-order valence-electron chi connectivity index (χ1n) is 8.17. The van der Waals surface area contributed by atoms with Crippen LogP contribution in [-0.2, 0) is 13.1 Å². The number of rotatable bonds is 3. The van der Waals surface area contributed by atoms with Crippen LogP contribution in [0.2, 0.25) is 0 Å². The van der Waals surface area contributed by atoms with Gasteiger partial charge in [-0.15, -0.1) is 0 Å². The van der Waals surface area contributed by atoms with Crippen molar-refractivity contribution in [1.82, 2.24) is 14.3 Å². The van der Waals surface area contributed by atoms with Gasteiger partial charge in [0.25, 0.3) is 0 Å². The summed E-state index contributed by atoms with van der Waals surface area (Å²) in [5.74, 6) is -0.276. The fraction of sp³-hybridized carbons (Fsp3) is 0.158. The number of pyridine rings is 2. The zero-order valence-corrected chi connectivity index (χ0v) is 14.1. The van der Waals surface area contributed by atoms with Crippen LogP contribution >= 0.6 is 0 Å². The Kier molecular flexibility index (Phi) is 3.73. The van der Waals surface area contributed by atoms with Crippen LogP contribution in [0.3, 0.4) is 0 Å². The lowest BCUT2D eigenvalue weighted by Gasteiger charge is -2.12. The Morgan fingerprint density at radius 1 is 1.23 bits per heavy atom. The third-order valence-electron chi connectivity index (χ3n) is 4.75. The normalized spacial score (nSPS) is 11.5. The summed E-state index contributed by atoms with van der Waals surface area (Å²) in [4.78, 5) is 16.6. The topological polar surface area (TPSA) is 86.1 Å². The SMILES string of the molecule is Cc1c(CN)c2c(ncc3c2ccn3Cc2ccc(F)cc2)c(=O)n1O. The van der Waals surface area contributed by atoms with Crippen molar-refractivity contribution in [2.75, 3.05) is 0 Å². The number of hydrogen-bond acceptors (Lipinski definition) is 4. The second-order valence-corrected chi connectivity index (χ2v) is 6.24. The molecular formula is C19H17FN4O2. The molecule has 4 rings (SSSR count). The van der Waals surface area contributed by atoms with Crippen molar-refractivity contribution in [3.05, 3.63) is 75.7 Å². The lowest BCUT2D eigenvalue weighted by molar-refractivity contribution is 0.169. The minimum absolute atomic E-state index is 0.174. The van der Waals surface area contributed by atoms with E-state index in [4.69, 9.17) is 5.73 Å². The first kappa shape index (κ1) is 16.3. The molecule has 7 heteroatoms. The molecule has 0 saturated carbocycles. The molecule has 0 atom stereocenters. The zero-order chi connectivity index (χ0) is 18.4. The summed E-state index contributed by atoms with van der Waals surface area (Å²) >= 11 is 0. The molecule has 4 aromatic rings. The van der Waals surface area contributed by atoms with Gasteiger partial charge in [0.2, 0.25) is 0 Å². The van der Waals surface area contributed by atoms with Crippen LogP contribution in [0, 0.1) is 12.7 Å². The summed E-state index contributed by atoms with van der Waals surface area (Å²) in [5, 5.41) is 11.5. The molecular weight excluding hydrogens is 335 g/mol. The highest BCUT2D eigenvalue weighted by Crippen LogP contribution is 2.28. The van der Waals surface area contributed by atoms with Gasteiger partial charge < -0.3 is 15.5 Å². The van der Waals surface area contributed by atoms with Crippen molar-refractivity contribution < 1.29 is 9.60 Å². The monoisotopic (exact) mass is 352 g/mol. The van der Waals surface area contributed by atoms with Crippen LogP contribution in [0.1, 0.15) is 16.8 Å². The lowest BCUT2D eigenvalue weighted by atomic mass is 10.0. The van der Waals surface area contributed by atoms with Gasteiger partial charge in [0.1, 0.15) is 11.3 Å². The number of nitrogens with zero attached hydrogens (tertiary/aromatic N) is 3. The number of aromatic nitrogens is 3. The molecule has 0 saturated heterocycles. The van der Waals surface area contributed by atoms with Gasteiger partial charge in [-0.05, 0) is 36.2 Å². The Morgan fingerprint density at radius 3 is 2.65 bits per heavy atom. The van der Waals surface area contributed by atoms with E-state index >= 15 is 0 Å².